The van der Waals surface area contributed by atoms with Gasteiger partial charge >= 0.3 is 0 Å². The van der Waals surface area contributed by atoms with Gasteiger partial charge in [0, 0.05) is 41.6 Å². The summed E-state index contributed by atoms with van der Waals surface area (Å²) in [6.45, 7) is 0. The van der Waals surface area contributed by atoms with Crippen molar-refractivity contribution >= 4 is 28.5 Å². The van der Waals surface area contributed by atoms with E-state index in [-0.39, 0.29) is 17.7 Å². The highest BCUT2D eigenvalue weighted by atomic mass is 16.3. The van der Waals surface area contributed by atoms with Crippen LogP contribution in [0.15, 0.2) is 103 Å². The Morgan fingerprint density at radius 1 is 0.773 bits per heavy atom. The molecule has 3 aromatic carbocycles. The fourth-order valence-corrected chi connectivity index (χ4v) is 7.41. The number of fused-ring (bicyclic) bond motifs is 4. The zero-order valence-corrected chi connectivity index (χ0v) is 23.7. The van der Waals surface area contributed by atoms with Crippen molar-refractivity contribution in [3.05, 3.63) is 120 Å². The number of hydrogen-bond donors (Lipinski definition) is 1. The molecule has 44 heavy (non-hydrogen) atoms. The summed E-state index contributed by atoms with van der Waals surface area (Å²) in [5, 5.41) is 16.8. The smallest absolute Gasteiger partial charge is 0.262 e. The molecule has 2 aliphatic carbocycles. The maximum atomic E-state index is 13.7. The van der Waals surface area contributed by atoms with Gasteiger partial charge < -0.3 is 5.11 Å². The SMILES string of the molecule is O=C1c2ccccc2C(=O)N1[C@]1(c2ccc(-c3nc4c(cnc5ccnn54)cc3-c3ccccc3)cc2)C[C@](O)(C2CC2)C1. The number of pyridine rings is 1. The Morgan fingerprint density at radius 2 is 1.45 bits per heavy atom. The first-order valence-electron chi connectivity index (χ1n) is 15.0. The molecule has 9 rings (SSSR count). The lowest BCUT2D eigenvalue weighted by Crippen LogP contribution is -2.65. The van der Waals surface area contributed by atoms with E-state index in [1.807, 2.05) is 54.7 Å². The Balaban J connectivity index is 1.18. The maximum absolute atomic E-state index is 13.7. The standard InChI is InChI=1S/C36H27N5O3/c42-33-27-8-4-5-9-28(27)34(43)40(33)35(20-36(44,21-35)26-14-15-26)25-12-10-23(11-13-25)31-29(22-6-2-1-3-7-22)18-24-19-37-30-16-17-38-41(30)32(24)39-31/h1-13,16-19,26,44H,14-15,20-21H2/t35-,36-. The van der Waals surface area contributed by atoms with E-state index in [9.17, 15) is 14.7 Å². The molecule has 8 nitrogen and oxygen atoms in total. The Bertz CT molecular complexity index is 2110. The van der Waals surface area contributed by atoms with Crippen molar-refractivity contribution in [2.75, 3.05) is 0 Å². The van der Waals surface area contributed by atoms with Gasteiger partial charge in [-0.05, 0) is 48.1 Å². The zero-order valence-electron chi connectivity index (χ0n) is 23.7. The van der Waals surface area contributed by atoms with Gasteiger partial charge in [0.1, 0.15) is 0 Å². The molecule has 4 heterocycles. The molecule has 0 spiro atoms. The van der Waals surface area contributed by atoms with E-state index in [0.717, 1.165) is 51.8 Å². The first kappa shape index (κ1) is 25.3. The maximum Gasteiger partial charge on any atom is 0.262 e. The third kappa shape index (κ3) is 3.51. The number of imide groups is 1. The van der Waals surface area contributed by atoms with Crippen LogP contribution in [0.4, 0.5) is 0 Å². The summed E-state index contributed by atoms with van der Waals surface area (Å²) in [4.78, 5) is 38.5. The van der Waals surface area contributed by atoms with Crippen molar-refractivity contribution in [2.45, 2.75) is 36.8 Å². The number of aliphatic hydroxyl groups is 1. The van der Waals surface area contributed by atoms with Gasteiger partial charge in [0.15, 0.2) is 11.3 Å². The van der Waals surface area contributed by atoms with Gasteiger partial charge in [0.25, 0.3) is 11.8 Å². The average molecular weight is 578 g/mol. The topological polar surface area (TPSA) is 101 Å². The van der Waals surface area contributed by atoms with E-state index in [1.54, 1.807) is 35.0 Å². The molecule has 0 unspecified atom stereocenters. The van der Waals surface area contributed by atoms with Crippen molar-refractivity contribution in [2.24, 2.45) is 5.92 Å². The fraction of sp³-hybridized carbons (Fsp3) is 0.194. The molecule has 1 aliphatic heterocycles. The molecule has 8 heteroatoms. The van der Waals surface area contributed by atoms with Crippen LogP contribution in [-0.4, -0.2) is 47.0 Å². The molecule has 3 aromatic heterocycles. The van der Waals surface area contributed by atoms with E-state index in [4.69, 9.17) is 4.98 Å². The van der Waals surface area contributed by atoms with Gasteiger partial charge in [0.2, 0.25) is 0 Å². The van der Waals surface area contributed by atoms with Crippen LogP contribution in [0.1, 0.15) is 52.0 Å². The van der Waals surface area contributed by atoms with Crippen molar-refractivity contribution in [1.82, 2.24) is 24.5 Å². The normalized spacial score (nSPS) is 22.9. The molecule has 2 fully saturated rings. The lowest BCUT2D eigenvalue weighted by molar-refractivity contribution is -0.143. The number of carbonyl (C=O) groups is 2. The molecule has 6 aromatic rings. The third-order valence-corrected chi connectivity index (χ3v) is 9.73. The summed E-state index contributed by atoms with van der Waals surface area (Å²) in [6.07, 6.45) is 6.16. The lowest BCUT2D eigenvalue weighted by Gasteiger charge is -2.57. The predicted molar refractivity (Wildman–Crippen MR) is 165 cm³/mol. The van der Waals surface area contributed by atoms with Crippen LogP contribution in [0.5, 0.6) is 0 Å². The highest BCUT2D eigenvalue weighted by molar-refractivity contribution is 6.22. The lowest BCUT2D eigenvalue weighted by atomic mass is 9.58. The first-order valence-corrected chi connectivity index (χ1v) is 15.0. The number of aromatic nitrogens is 4. The van der Waals surface area contributed by atoms with Crippen LogP contribution in [0, 0.1) is 5.92 Å². The van der Waals surface area contributed by atoms with Crippen molar-refractivity contribution in [1.29, 1.82) is 0 Å². The van der Waals surface area contributed by atoms with Crippen molar-refractivity contribution in [3.63, 3.8) is 0 Å². The number of amides is 2. The Hall–Kier alpha value is -5.21. The number of hydrogen-bond acceptors (Lipinski definition) is 6. The summed E-state index contributed by atoms with van der Waals surface area (Å²) >= 11 is 0. The average Bonchev–Trinajstić information content (AvgIpc) is 3.74. The minimum absolute atomic E-state index is 0.217. The van der Waals surface area contributed by atoms with Crippen LogP contribution in [0.3, 0.4) is 0 Å². The Kier molecular flexibility index (Phi) is 5.12. The second-order valence-corrected chi connectivity index (χ2v) is 12.4. The van der Waals surface area contributed by atoms with Crippen LogP contribution < -0.4 is 0 Å². The van der Waals surface area contributed by atoms with Gasteiger partial charge in [-0.25, -0.2) is 9.97 Å². The van der Waals surface area contributed by atoms with Crippen LogP contribution >= 0.6 is 0 Å². The van der Waals surface area contributed by atoms with Crippen LogP contribution in [-0.2, 0) is 5.54 Å². The van der Waals surface area contributed by atoms with E-state index < -0.39 is 11.1 Å². The highest BCUT2D eigenvalue weighted by Crippen LogP contribution is 2.61. The van der Waals surface area contributed by atoms with Crippen LogP contribution in [0.25, 0.3) is 39.1 Å². The molecule has 2 saturated carbocycles. The third-order valence-electron chi connectivity index (χ3n) is 9.73. The van der Waals surface area contributed by atoms with E-state index in [0.29, 0.717) is 29.6 Å². The highest BCUT2D eigenvalue weighted by Gasteiger charge is 2.66. The molecule has 214 valence electrons. The second kappa shape index (κ2) is 8.90. The van der Waals surface area contributed by atoms with Crippen LogP contribution in [0.2, 0.25) is 0 Å². The molecule has 3 aliphatic rings. The molecular weight excluding hydrogens is 550 g/mol. The van der Waals surface area contributed by atoms with Gasteiger partial charge in [-0.3, -0.25) is 14.5 Å². The summed E-state index contributed by atoms with van der Waals surface area (Å²) in [7, 11) is 0. The quantitative estimate of drug-likeness (QED) is 0.251. The Morgan fingerprint density at radius 3 is 2.14 bits per heavy atom. The number of carbonyl (C=O) groups excluding carboxylic acids is 2. The number of nitrogens with zero attached hydrogens (tertiary/aromatic N) is 5. The van der Waals surface area contributed by atoms with Gasteiger partial charge in [-0.15, -0.1) is 0 Å². The van der Waals surface area contributed by atoms with Crippen molar-refractivity contribution < 1.29 is 14.7 Å². The zero-order chi connectivity index (χ0) is 29.6. The number of rotatable bonds is 5. The summed E-state index contributed by atoms with van der Waals surface area (Å²) in [5.74, 6) is -0.382. The molecule has 0 bridgehead atoms. The van der Waals surface area contributed by atoms with E-state index in [1.165, 1.54) is 4.90 Å². The monoisotopic (exact) mass is 577 g/mol. The van der Waals surface area contributed by atoms with Gasteiger partial charge in [0.05, 0.1) is 34.2 Å². The summed E-state index contributed by atoms with van der Waals surface area (Å²) < 4.78 is 1.74. The molecule has 0 radical (unpaired) electrons. The van der Waals surface area contributed by atoms with Gasteiger partial charge in [-0.2, -0.15) is 9.61 Å². The van der Waals surface area contributed by atoms with Crippen molar-refractivity contribution in [3.8, 4) is 22.4 Å². The summed E-state index contributed by atoms with van der Waals surface area (Å²) in [5.41, 5.74) is 4.96. The van der Waals surface area contributed by atoms with E-state index >= 15 is 0 Å². The Labute approximate surface area is 252 Å². The minimum atomic E-state index is -0.922. The first-order chi connectivity index (χ1) is 21.5. The van der Waals surface area contributed by atoms with E-state index in [2.05, 4.69) is 28.3 Å². The fourth-order valence-electron chi connectivity index (χ4n) is 7.41. The predicted octanol–water partition coefficient (Wildman–Crippen LogP) is 6.04. The molecule has 0 saturated heterocycles. The molecular formula is C36H27N5O3. The molecule has 2 amide bonds. The molecule has 0 atom stereocenters. The minimum Gasteiger partial charge on any atom is -0.389 e. The number of benzene rings is 3. The largest absolute Gasteiger partial charge is 0.389 e. The van der Waals surface area contributed by atoms with Gasteiger partial charge in [-0.1, -0.05) is 66.7 Å². The molecule has 1 N–H and O–H groups in total. The second-order valence-electron chi connectivity index (χ2n) is 12.4. The summed E-state index contributed by atoms with van der Waals surface area (Å²) in [6, 6.07) is 29.0.